The van der Waals surface area contributed by atoms with Gasteiger partial charge < -0.3 is 9.47 Å². The second-order valence-corrected chi connectivity index (χ2v) is 6.52. The lowest BCUT2D eigenvalue weighted by molar-refractivity contribution is 0.419. The lowest BCUT2D eigenvalue weighted by Crippen LogP contribution is -1.86. The summed E-state index contributed by atoms with van der Waals surface area (Å²) >= 11 is 0. The van der Waals surface area contributed by atoms with E-state index in [2.05, 4.69) is 72.8 Å². The maximum atomic E-state index is 5.48. The molecule has 138 valence electrons. The van der Waals surface area contributed by atoms with Gasteiger partial charge >= 0.3 is 0 Å². The van der Waals surface area contributed by atoms with Crippen LogP contribution >= 0.6 is 0 Å². The first-order valence-electron chi connectivity index (χ1n) is 9.28. The number of methoxy groups -OCH3 is 2. The third kappa shape index (κ3) is 3.37. The molecule has 0 heterocycles. The average Bonchev–Trinajstić information content (AvgIpc) is 2.76. The van der Waals surface area contributed by atoms with Gasteiger partial charge in [0.15, 0.2) is 0 Å². The summed E-state index contributed by atoms with van der Waals surface area (Å²) in [6, 6.07) is 24.8. The fourth-order valence-electron chi connectivity index (χ4n) is 3.55. The first-order chi connectivity index (χ1) is 13.8. The Labute approximate surface area is 165 Å². The molecule has 0 aromatic heterocycles. The number of ether oxygens (including phenoxy) is 2. The van der Waals surface area contributed by atoms with Crippen molar-refractivity contribution < 1.29 is 9.47 Å². The summed E-state index contributed by atoms with van der Waals surface area (Å²) < 4.78 is 11.0. The molecule has 0 aliphatic heterocycles. The highest BCUT2D eigenvalue weighted by atomic mass is 16.5. The van der Waals surface area contributed by atoms with Crippen molar-refractivity contribution >= 4 is 33.7 Å². The highest BCUT2D eigenvalue weighted by Gasteiger charge is 2.04. The van der Waals surface area contributed by atoms with Crippen LogP contribution in [0.15, 0.2) is 84.9 Å². The van der Waals surface area contributed by atoms with E-state index in [1.54, 1.807) is 14.2 Å². The Morgan fingerprint density at radius 1 is 0.500 bits per heavy atom. The highest BCUT2D eigenvalue weighted by molar-refractivity contribution is 5.96. The predicted octanol–water partition coefficient (Wildman–Crippen LogP) is 6.74. The number of fused-ring (bicyclic) bond motifs is 2. The average molecular weight is 366 g/mol. The van der Waals surface area contributed by atoms with Crippen LogP contribution in [0.5, 0.6) is 11.5 Å². The van der Waals surface area contributed by atoms with Crippen molar-refractivity contribution in [1.29, 1.82) is 0 Å². The molecule has 4 aromatic rings. The first kappa shape index (κ1) is 17.9. The van der Waals surface area contributed by atoms with Crippen molar-refractivity contribution in [1.82, 2.24) is 0 Å². The smallest absolute Gasteiger partial charge is 0.126 e. The van der Waals surface area contributed by atoms with Gasteiger partial charge in [-0.25, -0.2) is 0 Å². The molecular weight excluding hydrogens is 344 g/mol. The molecule has 0 aliphatic rings. The zero-order valence-electron chi connectivity index (χ0n) is 16.1. The van der Waals surface area contributed by atoms with E-state index in [9.17, 15) is 0 Å². The summed E-state index contributed by atoms with van der Waals surface area (Å²) in [7, 11) is 3.42. The van der Waals surface area contributed by atoms with E-state index in [0.717, 1.165) is 22.3 Å². The van der Waals surface area contributed by atoms with Gasteiger partial charge in [-0.3, -0.25) is 0 Å². The van der Waals surface area contributed by atoms with Gasteiger partial charge in [0.2, 0.25) is 0 Å². The Morgan fingerprint density at radius 2 is 0.893 bits per heavy atom. The van der Waals surface area contributed by atoms with Gasteiger partial charge in [0.1, 0.15) is 11.5 Å². The largest absolute Gasteiger partial charge is 0.496 e. The minimum Gasteiger partial charge on any atom is -0.496 e. The molecular formula is C26H22O2. The molecule has 0 aliphatic carbocycles. The maximum absolute atomic E-state index is 5.48. The van der Waals surface area contributed by atoms with Crippen LogP contribution in [0.4, 0.5) is 0 Å². The van der Waals surface area contributed by atoms with Crippen LogP contribution < -0.4 is 9.47 Å². The Balaban J connectivity index is 1.66. The second-order valence-electron chi connectivity index (χ2n) is 6.52. The van der Waals surface area contributed by atoms with Gasteiger partial charge in [0.25, 0.3) is 0 Å². The Morgan fingerprint density at radius 3 is 1.29 bits per heavy atom. The third-order valence-corrected chi connectivity index (χ3v) is 4.94. The molecule has 4 rings (SSSR count). The number of allylic oxidation sites excluding steroid dienone is 2. The number of rotatable bonds is 5. The molecule has 28 heavy (non-hydrogen) atoms. The van der Waals surface area contributed by atoms with Gasteiger partial charge in [-0.15, -0.1) is 0 Å². The van der Waals surface area contributed by atoms with Crippen molar-refractivity contribution in [2.45, 2.75) is 0 Å². The molecule has 0 spiro atoms. The zero-order valence-corrected chi connectivity index (χ0v) is 16.1. The van der Waals surface area contributed by atoms with Crippen molar-refractivity contribution in [2.75, 3.05) is 14.2 Å². The fourth-order valence-corrected chi connectivity index (χ4v) is 3.55. The SMILES string of the molecule is COc1ccc(C=CC=Cc2ccc(OC)c3ccccc23)c2ccccc12. The number of hydrogen-bond acceptors (Lipinski definition) is 2. The summed E-state index contributed by atoms with van der Waals surface area (Å²) in [5.41, 5.74) is 2.33. The Bertz CT molecular complexity index is 1090. The Kier molecular flexibility index (Phi) is 5.11. The number of benzene rings is 4. The summed E-state index contributed by atoms with van der Waals surface area (Å²) in [4.78, 5) is 0. The van der Waals surface area contributed by atoms with Crippen molar-refractivity contribution in [3.63, 3.8) is 0 Å². The predicted molar refractivity (Wildman–Crippen MR) is 119 cm³/mol. The van der Waals surface area contributed by atoms with Crippen LogP contribution in [0.2, 0.25) is 0 Å². The van der Waals surface area contributed by atoms with E-state index in [1.807, 2.05) is 24.3 Å². The molecule has 0 saturated carbocycles. The Hall–Kier alpha value is -3.52. The quantitative estimate of drug-likeness (QED) is 0.364. The van der Waals surface area contributed by atoms with E-state index in [-0.39, 0.29) is 0 Å². The van der Waals surface area contributed by atoms with Crippen LogP contribution in [0.1, 0.15) is 11.1 Å². The topological polar surface area (TPSA) is 18.5 Å². The molecule has 2 nitrogen and oxygen atoms in total. The van der Waals surface area contributed by atoms with Gasteiger partial charge in [-0.2, -0.15) is 0 Å². The van der Waals surface area contributed by atoms with E-state index in [0.29, 0.717) is 0 Å². The van der Waals surface area contributed by atoms with Crippen LogP contribution in [0, 0.1) is 0 Å². The van der Waals surface area contributed by atoms with Gasteiger partial charge in [0, 0.05) is 10.8 Å². The molecule has 0 fully saturated rings. The molecule has 0 amide bonds. The normalized spacial score (nSPS) is 11.6. The third-order valence-electron chi connectivity index (χ3n) is 4.94. The molecule has 2 heteroatoms. The van der Waals surface area contributed by atoms with Crippen molar-refractivity contribution in [2.24, 2.45) is 0 Å². The molecule has 0 N–H and O–H groups in total. The minimum absolute atomic E-state index is 0.896. The summed E-state index contributed by atoms with van der Waals surface area (Å²) in [5, 5.41) is 4.61. The van der Waals surface area contributed by atoms with Crippen LogP contribution in [-0.4, -0.2) is 14.2 Å². The van der Waals surface area contributed by atoms with Crippen LogP contribution in [0.3, 0.4) is 0 Å². The highest BCUT2D eigenvalue weighted by Crippen LogP contribution is 2.30. The van der Waals surface area contributed by atoms with Gasteiger partial charge in [-0.05, 0) is 34.0 Å². The molecule has 4 aromatic carbocycles. The molecule has 0 radical (unpaired) electrons. The second kappa shape index (κ2) is 8.01. The summed E-state index contributed by atoms with van der Waals surface area (Å²) in [6.07, 6.45) is 8.41. The van der Waals surface area contributed by atoms with E-state index in [1.165, 1.54) is 21.9 Å². The minimum atomic E-state index is 0.896. The van der Waals surface area contributed by atoms with E-state index < -0.39 is 0 Å². The monoisotopic (exact) mass is 366 g/mol. The van der Waals surface area contributed by atoms with E-state index >= 15 is 0 Å². The summed E-state index contributed by atoms with van der Waals surface area (Å²) in [5.74, 6) is 1.79. The van der Waals surface area contributed by atoms with Crippen LogP contribution in [-0.2, 0) is 0 Å². The van der Waals surface area contributed by atoms with Gasteiger partial charge in [0.05, 0.1) is 14.2 Å². The molecule has 0 saturated heterocycles. The molecule has 0 atom stereocenters. The standard InChI is InChI=1S/C26H22O2/c1-27-25-17-15-19(21-11-5-7-13-23(21)25)9-3-4-10-20-16-18-26(28-2)24-14-8-6-12-22(20)24/h3-18H,1-2H3. The van der Waals surface area contributed by atoms with E-state index in [4.69, 9.17) is 9.47 Å². The molecule has 0 unspecified atom stereocenters. The first-order valence-corrected chi connectivity index (χ1v) is 9.28. The van der Waals surface area contributed by atoms with Crippen molar-refractivity contribution in [3.8, 4) is 11.5 Å². The van der Waals surface area contributed by atoms with Crippen molar-refractivity contribution in [3.05, 3.63) is 96.1 Å². The number of hydrogen-bond donors (Lipinski definition) is 0. The van der Waals surface area contributed by atoms with Gasteiger partial charge in [-0.1, -0.05) is 85.0 Å². The lowest BCUT2D eigenvalue weighted by Gasteiger charge is -2.08. The lowest BCUT2D eigenvalue weighted by atomic mass is 10.0. The zero-order chi connectivity index (χ0) is 19.3. The fraction of sp³-hybridized carbons (Fsp3) is 0.0769. The molecule has 0 bridgehead atoms. The maximum Gasteiger partial charge on any atom is 0.126 e. The summed E-state index contributed by atoms with van der Waals surface area (Å²) in [6.45, 7) is 0. The van der Waals surface area contributed by atoms with Crippen LogP contribution in [0.25, 0.3) is 33.7 Å².